The fraction of sp³-hybridized carbons (Fsp3) is 0.533. The Bertz CT molecular complexity index is 436. The summed E-state index contributed by atoms with van der Waals surface area (Å²) < 4.78 is 13.1. The second kappa shape index (κ2) is 6.66. The van der Waals surface area contributed by atoms with Gasteiger partial charge in [-0.05, 0) is 30.5 Å². The van der Waals surface area contributed by atoms with E-state index in [0.29, 0.717) is 6.54 Å². The molecule has 1 saturated carbocycles. The number of halogens is 1. The molecule has 2 atom stereocenters. The molecule has 0 bridgehead atoms. The van der Waals surface area contributed by atoms with Crippen molar-refractivity contribution in [2.75, 3.05) is 0 Å². The molecule has 0 saturated heterocycles. The van der Waals surface area contributed by atoms with Crippen molar-refractivity contribution in [2.45, 2.75) is 44.7 Å². The zero-order valence-electron chi connectivity index (χ0n) is 11.1. The molecule has 19 heavy (non-hydrogen) atoms. The molecule has 0 aromatic heterocycles. The molecule has 0 radical (unpaired) electrons. The summed E-state index contributed by atoms with van der Waals surface area (Å²) >= 11 is 0. The highest BCUT2D eigenvalue weighted by Crippen LogP contribution is 2.23. The van der Waals surface area contributed by atoms with E-state index in [-0.39, 0.29) is 23.7 Å². The molecule has 1 aromatic carbocycles. The lowest BCUT2D eigenvalue weighted by molar-refractivity contribution is -0.122. The average molecular weight is 264 g/mol. The van der Waals surface area contributed by atoms with Crippen LogP contribution in [0.2, 0.25) is 0 Å². The van der Waals surface area contributed by atoms with Crippen LogP contribution in [0.5, 0.6) is 0 Å². The SMILES string of the molecule is NC(=O)C1CCCCCC1NCc1cccc(F)c1. The Morgan fingerprint density at radius 2 is 2.11 bits per heavy atom. The van der Waals surface area contributed by atoms with Gasteiger partial charge in [0.1, 0.15) is 5.82 Å². The van der Waals surface area contributed by atoms with E-state index in [1.807, 2.05) is 6.07 Å². The van der Waals surface area contributed by atoms with Gasteiger partial charge in [-0.25, -0.2) is 4.39 Å². The summed E-state index contributed by atoms with van der Waals surface area (Å²) in [7, 11) is 0. The summed E-state index contributed by atoms with van der Waals surface area (Å²) in [6, 6.07) is 6.64. The predicted octanol–water partition coefficient (Wildman–Crippen LogP) is 2.35. The van der Waals surface area contributed by atoms with Crippen molar-refractivity contribution in [3.8, 4) is 0 Å². The van der Waals surface area contributed by atoms with Crippen molar-refractivity contribution in [2.24, 2.45) is 11.7 Å². The van der Waals surface area contributed by atoms with Gasteiger partial charge < -0.3 is 11.1 Å². The van der Waals surface area contributed by atoms with Crippen LogP contribution < -0.4 is 11.1 Å². The van der Waals surface area contributed by atoms with E-state index in [0.717, 1.165) is 37.7 Å². The lowest BCUT2D eigenvalue weighted by Gasteiger charge is -2.23. The largest absolute Gasteiger partial charge is 0.369 e. The molecule has 2 unspecified atom stereocenters. The highest BCUT2D eigenvalue weighted by atomic mass is 19.1. The van der Waals surface area contributed by atoms with Gasteiger partial charge in [0.2, 0.25) is 5.91 Å². The molecule has 104 valence electrons. The van der Waals surface area contributed by atoms with Crippen LogP contribution in [0.25, 0.3) is 0 Å². The van der Waals surface area contributed by atoms with Gasteiger partial charge in [0.05, 0.1) is 5.92 Å². The minimum atomic E-state index is -0.230. The number of primary amides is 1. The monoisotopic (exact) mass is 264 g/mol. The molecule has 2 rings (SSSR count). The van der Waals surface area contributed by atoms with Crippen LogP contribution in [-0.4, -0.2) is 11.9 Å². The van der Waals surface area contributed by atoms with Gasteiger partial charge in [-0.2, -0.15) is 0 Å². The van der Waals surface area contributed by atoms with E-state index in [1.54, 1.807) is 6.07 Å². The van der Waals surface area contributed by atoms with Crippen LogP contribution in [-0.2, 0) is 11.3 Å². The molecule has 0 aliphatic heterocycles. The number of nitrogens with one attached hydrogen (secondary N) is 1. The lowest BCUT2D eigenvalue weighted by Crippen LogP contribution is -2.41. The van der Waals surface area contributed by atoms with E-state index in [9.17, 15) is 9.18 Å². The molecule has 1 aromatic rings. The summed E-state index contributed by atoms with van der Waals surface area (Å²) in [5.74, 6) is -0.554. The number of carbonyl (C=O) groups is 1. The zero-order chi connectivity index (χ0) is 13.7. The van der Waals surface area contributed by atoms with Crippen LogP contribution >= 0.6 is 0 Å². The molecule has 1 amide bonds. The second-order valence-corrected chi connectivity index (χ2v) is 5.26. The van der Waals surface area contributed by atoms with Gasteiger partial charge in [-0.1, -0.05) is 31.4 Å². The summed E-state index contributed by atoms with van der Waals surface area (Å²) in [5.41, 5.74) is 6.38. The van der Waals surface area contributed by atoms with Gasteiger partial charge in [0.25, 0.3) is 0 Å². The Morgan fingerprint density at radius 3 is 2.84 bits per heavy atom. The number of rotatable bonds is 4. The molecular formula is C15H21FN2O. The van der Waals surface area contributed by atoms with Crippen LogP contribution in [0.15, 0.2) is 24.3 Å². The smallest absolute Gasteiger partial charge is 0.222 e. The van der Waals surface area contributed by atoms with Crippen molar-refractivity contribution in [3.63, 3.8) is 0 Å². The molecular weight excluding hydrogens is 243 g/mol. The highest BCUT2D eigenvalue weighted by Gasteiger charge is 2.27. The van der Waals surface area contributed by atoms with Crippen LogP contribution in [0.4, 0.5) is 4.39 Å². The Balaban J connectivity index is 1.97. The lowest BCUT2D eigenvalue weighted by atomic mass is 9.94. The van der Waals surface area contributed by atoms with Crippen molar-refractivity contribution in [1.29, 1.82) is 0 Å². The molecule has 0 heterocycles. The third kappa shape index (κ3) is 4.03. The normalized spacial score (nSPS) is 23.8. The van der Waals surface area contributed by atoms with E-state index in [2.05, 4.69) is 5.32 Å². The molecule has 3 N–H and O–H groups in total. The predicted molar refractivity (Wildman–Crippen MR) is 72.8 cm³/mol. The number of benzene rings is 1. The minimum absolute atomic E-state index is 0.101. The Kier molecular flexibility index (Phi) is 4.91. The summed E-state index contributed by atoms with van der Waals surface area (Å²) in [6.45, 7) is 0.576. The van der Waals surface area contributed by atoms with Gasteiger partial charge in [-0.15, -0.1) is 0 Å². The number of hydrogen-bond donors (Lipinski definition) is 2. The third-order valence-corrected chi connectivity index (χ3v) is 3.84. The van der Waals surface area contributed by atoms with E-state index < -0.39 is 0 Å². The average Bonchev–Trinajstić information content (AvgIpc) is 2.61. The molecule has 4 heteroatoms. The molecule has 3 nitrogen and oxygen atoms in total. The standard InChI is InChI=1S/C15H21FN2O/c16-12-6-4-5-11(9-12)10-18-14-8-3-1-2-7-13(14)15(17)19/h4-6,9,13-14,18H,1-3,7-8,10H2,(H2,17,19). The molecule has 1 fully saturated rings. The minimum Gasteiger partial charge on any atom is -0.369 e. The maximum absolute atomic E-state index is 13.1. The zero-order valence-corrected chi connectivity index (χ0v) is 11.1. The fourth-order valence-corrected chi connectivity index (χ4v) is 2.79. The Morgan fingerprint density at radius 1 is 1.32 bits per heavy atom. The Labute approximate surface area is 113 Å². The molecule has 1 aliphatic carbocycles. The van der Waals surface area contributed by atoms with Gasteiger partial charge in [0.15, 0.2) is 0 Å². The molecule has 1 aliphatic rings. The first-order valence-corrected chi connectivity index (χ1v) is 6.94. The van der Waals surface area contributed by atoms with Gasteiger partial charge in [0, 0.05) is 12.6 Å². The van der Waals surface area contributed by atoms with Crippen molar-refractivity contribution in [3.05, 3.63) is 35.6 Å². The van der Waals surface area contributed by atoms with E-state index in [1.165, 1.54) is 12.1 Å². The first-order chi connectivity index (χ1) is 9.16. The summed E-state index contributed by atoms with van der Waals surface area (Å²) in [6.07, 6.45) is 5.15. The number of amides is 1. The van der Waals surface area contributed by atoms with Crippen LogP contribution in [0, 0.1) is 11.7 Å². The van der Waals surface area contributed by atoms with Gasteiger partial charge >= 0.3 is 0 Å². The summed E-state index contributed by atoms with van der Waals surface area (Å²) in [4.78, 5) is 11.5. The van der Waals surface area contributed by atoms with E-state index in [4.69, 9.17) is 5.73 Å². The topological polar surface area (TPSA) is 55.1 Å². The Hall–Kier alpha value is -1.42. The highest BCUT2D eigenvalue weighted by molar-refractivity contribution is 5.77. The number of carbonyl (C=O) groups excluding carboxylic acids is 1. The van der Waals surface area contributed by atoms with Crippen molar-refractivity contribution in [1.82, 2.24) is 5.32 Å². The van der Waals surface area contributed by atoms with Crippen LogP contribution in [0.1, 0.15) is 37.7 Å². The molecule has 0 spiro atoms. The van der Waals surface area contributed by atoms with Crippen molar-refractivity contribution >= 4 is 5.91 Å². The maximum atomic E-state index is 13.1. The second-order valence-electron chi connectivity index (χ2n) is 5.26. The number of nitrogens with two attached hydrogens (primary N) is 1. The number of hydrogen-bond acceptors (Lipinski definition) is 2. The third-order valence-electron chi connectivity index (χ3n) is 3.84. The van der Waals surface area contributed by atoms with E-state index >= 15 is 0 Å². The van der Waals surface area contributed by atoms with Crippen LogP contribution in [0.3, 0.4) is 0 Å². The first kappa shape index (κ1) is 14.0. The van der Waals surface area contributed by atoms with Crippen molar-refractivity contribution < 1.29 is 9.18 Å². The van der Waals surface area contributed by atoms with Gasteiger partial charge in [-0.3, -0.25) is 4.79 Å². The fourth-order valence-electron chi connectivity index (χ4n) is 2.79. The summed E-state index contributed by atoms with van der Waals surface area (Å²) in [5, 5.41) is 3.37. The first-order valence-electron chi connectivity index (χ1n) is 6.94. The maximum Gasteiger partial charge on any atom is 0.222 e. The quantitative estimate of drug-likeness (QED) is 0.820.